The number of ether oxygens (including phenoxy) is 2. The molecule has 12 atom stereocenters. The molecule has 2 heterocycles. The molecule has 4 aliphatic carbocycles. The molecule has 0 aromatic carbocycles. The fourth-order valence-electron chi connectivity index (χ4n) is 10.3. The van der Waals surface area contributed by atoms with Crippen molar-refractivity contribution in [3.8, 4) is 0 Å². The number of hydrogen-bond acceptors (Lipinski definition) is 3. The summed E-state index contributed by atoms with van der Waals surface area (Å²) in [6.45, 7) is 11.0. The van der Waals surface area contributed by atoms with Crippen molar-refractivity contribution in [3.05, 3.63) is 0 Å². The summed E-state index contributed by atoms with van der Waals surface area (Å²) < 4.78 is 13.4. The first-order valence-electron chi connectivity index (χ1n) is 13.3. The first kappa shape index (κ1) is 20.5. The van der Waals surface area contributed by atoms with Crippen LogP contribution in [0.1, 0.15) is 91.9 Å². The highest BCUT2D eigenvalue weighted by atomic mass is 16.7. The molecule has 3 heteroatoms. The molecule has 2 N–H and O–H groups in total. The Labute approximate surface area is 184 Å². The van der Waals surface area contributed by atoms with Crippen LogP contribution in [0.15, 0.2) is 0 Å². The van der Waals surface area contributed by atoms with Gasteiger partial charge in [-0.05, 0) is 104 Å². The van der Waals surface area contributed by atoms with Gasteiger partial charge in [0.2, 0.25) is 0 Å². The van der Waals surface area contributed by atoms with Crippen LogP contribution in [0.3, 0.4) is 0 Å². The van der Waals surface area contributed by atoms with Gasteiger partial charge in [-0.3, -0.25) is 0 Å². The number of fused-ring (bicyclic) bond motifs is 7. The van der Waals surface area contributed by atoms with Gasteiger partial charge in [-0.1, -0.05) is 27.7 Å². The Bertz CT molecular complexity index is 686. The van der Waals surface area contributed by atoms with Crippen molar-refractivity contribution < 1.29 is 9.47 Å². The smallest absolute Gasteiger partial charge is 0.171 e. The normalized spacial score (nSPS) is 62.5. The predicted octanol–water partition coefficient (Wildman–Crippen LogP) is 5.76. The average molecular weight is 416 g/mol. The van der Waals surface area contributed by atoms with Crippen LogP contribution in [0.25, 0.3) is 0 Å². The number of hydrogen-bond donors (Lipinski definition) is 1. The van der Waals surface area contributed by atoms with E-state index in [0.29, 0.717) is 40.7 Å². The van der Waals surface area contributed by atoms with E-state index in [-0.39, 0.29) is 5.79 Å². The predicted molar refractivity (Wildman–Crippen MR) is 120 cm³/mol. The maximum absolute atomic E-state index is 6.92. The Morgan fingerprint density at radius 2 is 1.63 bits per heavy atom. The lowest BCUT2D eigenvalue weighted by atomic mass is 9.44. The van der Waals surface area contributed by atoms with Crippen LogP contribution in [0, 0.1) is 52.3 Å². The minimum absolute atomic E-state index is 0.268. The lowest BCUT2D eigenvalue weighted by molar-refractivity contribution is -0.273. The molecule has 0 radical (unpaired) electrons. The van der Waals surface area contributed by atoms with E-state index in [1.165, 1.54) is 57.8 Å². The van der Waals surface area contributed by atoms with Crippen molar-refractivity contribution in [2.24, 2.45) is 58.0 Å². The van der Waals surface area contributed by atoms with Crippen molar-refractivity contribution in [1.82, 2.24) is 0 Å². The van der Waals surface area contributed by atoms with Crippen molar-refractivity contribution in [3.63, 3.8) is 0 Å². The van der Waals surface area contributed by atoms with E-state index in [4.69, 9.17) is 15.2 Å². The molecular weight excluding hydrogens is 370 g/mol. The Balaban J connectivity index is 1.26. The van der Waals surface area contributed by atoms with Crippen LogP contribution >= 0.6 is 0 Å². The lowest BCUT2D eigenvalue weighted by Crippen LogP contribution is -2.55. The highest BCUT2D eigenvalue weighted by Gasteiger charge is 2.69. The van der Waals surface area contributed by atoms with E-state index in [2.05, 4.69) is 27.7 Å². The van der Waals surface area contributed by atoms with Gasteiger partial charge in [-0.15, -0.1) is 0 Å². The minimum Gasteiger partial charge on any atom is -0.349 e. The van der Waals surface area contributed by atoms with Gasteiger partial charge in [0.25, 0.3) is 0 Å². The van der Waals surface area contributed by atoms with Gasteiger partial charge in [-0.25, -0.2) is 0 Å². The molecule has 30 heavy (non-hydrogen) atoms. The fourth-order valence-corrected chi connectivity index (χ4v) is 10.3. The molecule has 0 bridgehead atoms. The van der Waals surface area contributed by atoms with Gasteiger partial charge < -0.3 is 15.2 Å². The fraction of sp³-hybridized carbons (Fsp3) is 1.00. The Kier molecular flexibility index (Phi) is 4.58. The Morgan fingerprint density at radius 1 is 0.833 bits per heavy atom. The van der Waals surface area contributed by atoms with Crippen molar-refractivity contribution in [1.29, 1.82) is 0 Å². The topological polar surface area (TPSA) is 44.5 Å². The lowest BCUT2D eigenvalue weighted by Gasteiger charge is -2.61. The van der Waals surface area contributed by atoms with Gasteiger partial charge in [0, 0.05) is 18.4 Å². The van der Waals surface area contributed by atoms with Crippen molar-refractivity contribution >= 4 is 0 Å². The first-order chi connectivity index (χ1) is 14.3. The van der Waals surface area contributed by atoms with Crippen LogP contribution in [0.5, 0.6) is 0 Å². The van der Waals surface area contributed by atoms with E-state index in [1.54, 1.807) is 0 Å². The van der Waals surface area contributed by atoms with Gasteiger partial charge in [0.05, 0.1) is 12.7 Å². The second-order valence-electron chi connectivity index (χ2n) is 13.2. The van der Waals surface area contributed by atoms with Crippen LogP contribution < -0.4 is 5.73 Å². The quantitative estimate of drug-likeness (QED) is 0.547. The molecule has 170 valence electrons. The molecule has 4 saturated carbocycles. The molecule has 3 nitrogen and oxygen atoms in total. The zero-order valence-corrected chi connectivity index (χ0v) is 19.9. The van der Waals surface area contributed by atoms with E-state index < -0.39 is 0 Å². The molecule has 6 aliphatic rings. The Hall–Kier alpha value is -0.120. The molecule has 6 fully saturated rings. The second kappa shape index (κ2) is 6.70. The molecule has 0 unspecified atom stereocenters. The molecule has 0 aromatic rings. The standard InChI is InChI=1S/C27H45NO2/c1-16-7-12-27(29-15-16)17(2)24-23(30-27)14-22-20-6-5-18-13-19(28)8-10-25(18,3)21(20)9-11-26(22,24)4/h16-24H,5-15,28H2,1-4H3/t16-,17+,18-,19-,20-,21+,22+,23+,24+,25+,26+,27-/m1/s1. The summed E-state index contributed by atoms with van der Waals surface area (Å²) in [4.78, 5) is 0. The summed E-state index contributed by atoms with van der Waals surface area (Å²) in [6, 6.07) is 0.461. The zero-order chi connectivity index (χ0) is 20.9. The number of nitrogens with two attached hydrogens (primary N) is 1. The molecule has 2 aliphatic heterocycles. The maximum Gasteiger partial charge on any atom is 0.171 e. The molecule has 0 aromatic heterocycles. The largest absolute Gasteiger partial charge is 0.349 e. The van der Waals surface area contributed by atoms with Gasteiger partial charge in [-0.2, -0.15) is 0 Å². The summed E-state index contributed by atoms with van der Waals surface area (Å²) in [5, 5.41) is 0. The van der Waals surface area contributed by atoms with Crippen molar-refractivity contribution in [2.75, 3.05) is 6.61 Å². The van der Waals surface area contributed by atoms with E-state index in [1.807, 2.05) is 0 Å². The van der Waals surface area contributed by atoms with Crippen LogP contribution in [-0.4, -0.2) is 24.5 Å². The summed E-state index contributed by atoms with van der Waals surface area (Å²) in [6.07, 6.45) is 13.7. The molecule has 6 rings (SSSR count). The van der Waals surface area contributed by atoms with E-state index >= 15 is 0 Å². The van der Waals surface area contributed by atoms with Gasteiger partial charge in [0.1, 0.15) is 0 Å². The summed E-state index contributed by atoms with van der Waals surface area (Å²) >= 11 is 0. The van der Waals surface area contributed by atoms with Crippen LogP contribution in [0.2, 0.25) is 0 Å². The maximum atomic E-state index is 6.92. The van der Waals surface area contributed by atoms with Crippen molar-refractivity contribution in [2.45, 2.75) is 110 Å². The van der Waals surface area contributed by atoms with Crippen LogP contribution in [-0.2, 0) is 9.47 Å². The first-order valence-corrected chi connectivity index (χ1v) is 13.3. The highest BCUT2D eigenvalue weighted by Crippen LogP contribution is 2.71. The highest BCUT2D eigenvalue weighted by molar-refractivity contribution is 5.15. The summed E-state index contributed by atoms with van der Waals surface area (Å²) in [5.41, 5.74) is 7.40. The SMILES string of the molecule is C[C@@H]1CC[C@@]2(OC1)O[C@H]1C[C@H]3[C@@H]4CC[C@@H]5C[C@H](N)CC[C@]5(C)[C@H]4CC[C@]3(C)[C@H]1[C@@H]2C. The number of rotatable bonds is 0. The zero-order valence-electron chi connectivity index (χ0n) is 19.9. The average Bonchev–Trinajstić information content (AvgIpc) is 3.16. The third-order valence-corrected chi connectivity index (χ3v) is 12.0. The third-order valence-electron chi connectivity index (χ3n) is 12.0. The van der Waals surface area contributed by atoms with E-state index in [9.17, 15) is 0 Å². The molecule has 2 saturated heterocycles. The molecule has 1 spiro atoms. The molecular formula is C27H45NO2. The Morgan fingerprint density at radius 3 is 2.40 bits per heavy atom. The minimum atomic E-state index is -0.268. The molecule has 0 amide bonds. The van der Waals surface area contributed by atoms with Crippen LogP contribution in [0.4, 0.5) is 0 Å². The summed E-state index contributed by atoms with van der Waals surface area (Å²) in [5.74, 6) is 5.25. The second-order valence-corrected chi connectivity index (χ2v) is 13.2. The third kappa shape index (κ3) is 2.61. The summed E-state index contributed by atoms with van der Waals surface area (Å²) in [7, 11) is 0. The monoisotopic (exact) mass is 415 g/mol. The van der Waals surface area contributed by atoms with E-state index in [0.717, 1.165) is 36.7 Å². The van der Waals surface area contributed by atoms with Gasteiger partial charge in [0.15, 0.2) is 5.79 Å². The van der Waals surface area contributed by atoms with Gasteiger partial charge >= 0.3 is 0 Å².